The molecule has 182 valence electrons. The molecule has 3 aromatic carbocycles. The topological polar surface area (TPSA) is 74.1 Å². The number of rotatable bonds is 5. The normalized spacial score (nSPS) is 19.3. The van der Waals surface area contributed by atoms with Gasteiger partial charge in [0.2, 0.25) is 5.91 Å². The van der Waals surface area contributed by atoms with Crippen molar-refractivity contribution in [3.05, 3.63) is 100 Å². The number of aryl methyl sites for hydroxylation is 1. The smallest absolute Gasteiger partial charge is 0.262 e. The highest BCUT2D eigenvalue weighted by Crippen LogP contribution is 2.39. The average molecular weight is 521 g/mol. The highest BCUT2D eigenvalue weighted by molar-refractivity contribution is 8.15. The first kappa shape index (κ1) is 24.2. The number of para-hydroxylation sites is 1. The van der Waals surface area contributed by atoms with Crippen LogP contribution in [0.2, 0.25) is 5.02 Å². The number of carbonyl (C=O) groups is 2. The maximum absolute atomic E-state index is 13.5. The summed E-state index contributed by atoms with van der Waals surface area (Å²) in [7, 11) is 0. The molecule has 36 heavy (non-hydrogen) atoms. The van der Waals surface area contributed by atoms with E-state index in [1.165, 1.54) is 23.9 Å². The first-order valence-corrected chi connectivity index (χ1v) is 12.7. The van der Waals surface area contributed by atoms with Crippen molar-refractivity contribution in [2.75, 3.05) is 5.32 Å². The minimum Gasteiger partial charge on any atom is -0.326 e. The van der Waals surface area contributed by atoms with Crippen molar-refractivity contribution in [2.45, 2.75) is 31.1 Å². The Morgan fingerprint density at radius 1 is 1.11 bits per heavy atom. The molecule has 0 saturated heterocycles. The maximum Gasteiger partial charge on any atom is 0.262 e. The van der Waals surface area contributed by atoms with Gasteiger partial charge in [-0.05, 0) is 53.9 Å². The third kappa shape index (κ3) is 5.20. The number of amides is 2. The number of aliphatic imine (C=N–C) groups is 1. The van der Waals surface area contributed by atoms with Crippen molar-refractivity contribution in [1.82, 2.24) is 5.01 Å². The van der Waals surface area contributed by atoms with Gasteiger partial charge in [0.15, 0.2) is 5.17 Å². The van der Waals surface area contributed by atoms with E-state index in [1.54, 1.807) is 29.3 Å². The highest BCUT2D eigenvalue weighted by atomic mass is 35.5. The number of hydrogen-bond donors (Lipinski definition) is 1. The van der Waals surface area contributed by atoms with E-state index in [9.17, 15) is 14.0 Å². The lowest BCUT2D eigenvalue weighted by Gasteiger charge is -2.23. The fraction of sp³-hybridized carbons (Fsp3) is 0.185. The van der Waals surface area contributed by atoms with Crippen molar-refractivity contribution in [1.29, 1.82) is 0 Å². The predicted molar refractivity (Wildman–Crippen MR) is 142 cm³/mol. The Morgan fingerprint density at radius 2 is 1.83 bits per heavy atom. The van der Waals surface area contributed by atoms with E-state index < -0.39 is 5.25 Å². The number of carbonyl (C=O) groups excluding carboxylic acids is 2. The molecule has 0 aliphatic carbocycles. The molecule has 0 spiro atoms. The van der Waals surface area contributed by atoms with Gasteiger partial charge in [0.1, 0.15) is 11.1 Å². The molecule has 2 heterocycles. The Kier molecular flexibility index (Phi) is 6.89. The Hall–Kier alpha value is -3.49. The maximum atomic E-state index is 13.5. The number of benzene rings is 3. The largest absolute Gasteiger partial charge is 0.326 e. The second-order valence-corrected chi connectivity index (χ2v) is 10.2. The Balaban J connectivity index is 1.36. The third-order valence-corrected chi connectivity index (χ3v) is 7.45. The fourth-order valence-corrected chi connectivity index (χ4v) is 5.32. The Morgan fingerprint density at radius 3 is 2.56 bits per heavy atom. The highest BCUT2D eigenvalue weighted by Gasteiger charge is 2.39. The van der Waals surface area contributed by atoms with Gasteiger partial charge < -0.3 is 5.32 Å². The van der Waals surface area contributed by atoms with Gasteiger partial charge in [0.25, 0.3) is 5.91 Å². The van der Waals surface area contributed by atoms with Gasteiger partial charge in [-0.15, -0.1) is 0 Å². The summed E-state index contributed by atoms with van der Waals surface area (Å²) in [5.41, 5.74) is 4.17. The van der Waals surface area contributed by atoms with Crippen molar-refractivity contribution < 1.29 is 14.0 Å². The monoisotopic (exact) mass is 520 g/mol. The molecule has 0 fully saturated rings. The van der Waals surface area contributed by atoms with Crippen LogP contribution < -0.4 is 5.32 Å². The zero-order chi connectivity index (χ0) is 25.2. The lowest BCUT2D eigenvalue weighted by atomic mass is 9.99. The quantitative estimate of drug-likeness (QED) is 0.450. The van der Waals surface area contributed by atoms with E-state index in [4.69, 9.17) is 16.7 Å². The van der Waals surface area contributed by atoms with Crippen LogP contribution in [-0.2, 0) is 9.59 Å². The summed E-state index contributed by atoms with van der Waals surface area (Å²) in [4.78, 5) is 29.7. The van der Waals surface area contributed by atoms with Gasteiger partial charge >= 0.3 is 0 Å². The molecule has 2 aliphatic heterocycles. The molecule has 9 heteroatoms. The van der Waals surface area contributed by atoms with Crippen LogP contribution in [0.4, 0.5) is 10.1 Å². The molecule has 3 aromatic rings. The summed E-state index contributed by atoms with van der Waals surface area (Å²) in [5, 5.41) is 9.78. The van der Waals surface area contributed by atoms with E-state index in [1.807, 2.05) is 43.3 Å². The van der Waals surface area contributed by atoms with Gasteiger partial charge in [-0.25, -0.2) is 9.40 Å². The second-order valence-electron chi connectivity index (χ2n) is 8.58. The number of hydrogen-bond acceptors (Lipinski definition) is 5. The van der Waals surface area contributed by atoms with E-state index in [2.05, 4.69) is 10.3 Å². The number of nitrogens with one attached hydrogen (secondary N) is 1. The van der Waals surface area contributed by atoms with Crippen LogP contribution in [-0.4, -0.2) is 33.0 Å². The van der Waals surface area contributed by atoms with Crippen LogP contribution in [0.1, 0.15) is 35.6 Å². The molecule has 1 N–H and O–H groups in total. The summed E-state index contributed by atoms with van der Waals surface area (Å²) in [6, 6.07) is 20.9. The predicted octanol–water partition coefficient (Wildman–Crippen LogP) is 5.97. The fourth-order valence-electron chi connectivity index (χ4n) is 4.14. The van der Waals surface area contributed by atoms with Crippen molar-refractivity contribution in [2.24, 2.45) is 10.1 Å². The summed E-state index contributed by atoms with van der Waals surface area (Å²) < 4.78 is 13.5. The van der Waals surface area contributed by atoms with Crippen LogP contribution in [0.15, 0.2) is 82.9 Å². The zero-order valence-electron chi connectivity index (χ0n) is 19.3. The lowest BCUT2D eigenvalue weighted by Crippen LogP contribution is -2.25. The molecular formula is C27H22ClFN4O2S. The number of hydrazone groups is 1. The van der Waals surface area contributed by atoms with Gasteiger partial charge in [-0.3, -0.25) is 9.59 Å². The van der Waals surface area contributed by atoms with Crippen LogP contribution in [0.3, 0.4) is 0 Å². The Bertz CT molecular complexity index is 1380. The SMILES string of the molecule is Cc1ccccc1NC(=O)C[C@@H]1SC(N2N=C(c3ccc(F)cc3)C[C@H]2c2ccc(Cl)cc2)=NC1=O. The third-order valence-electron chi connectivity index (χ3n) is 6.06. The van der Waals surface area contributed by atoms with Gasteiger partial charge in [-0.2, -0.15) is 10.1 Å². The molecule has 0 saturated carbocycles. The zero-order valence-corrected chi connectivity index (χ0v) is 20.9. The van der Waals surface area contributed by atoms with Crippen LogP contribution in [0.5, 0.6) is 0 Å². The summed E-state index contributed by atoms with van der Waals surface area (Å²) >= 11 is 7.32. The molecule has 2 amide bonds. The van der Waals surface area contributed by atoms with Crippen LogP contribution in [0, 0.1) is 12.7 Å². The molecule has 0 bridgehead atoms. The lowest BCUT2D eigenvalue weighted by molar-refractivity contribution is -0.121. The standard InChI is InChI=1S/C27H22ClFN4O2S/c1-16-4-2-3-5-21(16)30-25(34)15-24-26(35)31-27(36-24)33-23(18-6-10-19(28)11-7-18)14-22(32-33)17-8-12-20(29)13-9-17/h2-13,23-24H,14-15H2,1H3,(H,30,34)/t23-,24-/m0/s1. The first-order valence-electron chi connectivity index (χ1n) is 11.4. The van der Waals surface area contributed by atoms with Crippen molar-refractivity contribution in [3.63, 3.8) is 0 Å². The summed E-state index contributed by atoms with van der Waals surface area (Å²) in [5.74, 6) is -0.940. The van der Waals surface area contributed by atoms with Gasteiger partial charge in [0, 0.05) is 23.6 Å². The number of anilines is 1. The minimum atomic E-state index is -0.639. The van der Waals surface area contributed by atoms with E-state index in [0.29, 0.717) is 16.6 Å². The average Bonchev–Trinajstić information content (AvgIpc) is 3.45. The number of amidine groups is 1. The molecule has 0 aromatic heterocycles. The van der Waals surface area contributed by atoms with E-state index in [0.717, 1.165) is 28.1 Å². The molecule has 2 aliphatic rings. The number of nitrogens with zero attached hydrogens (tertiary/aromatic N) is 3. The molecule has 0 radical (unpaired) electrons. The Labute approximate surface area is 217 Å². The summed E-state index contributed by atoms with van der Waals surface area (Å²) in [6.07, 6.45) is 0.540. The first-order chi connectivity index (χ1) is 17.4. The van der Waals surface area contributed by atoms with Crippen LogP contribution >= 0.6 is 23.4 Å². The van der Waals surface area contributed by atoms with E-state index >= 15 is 0 Å². The van der Waals surface area contributed by atoms with E-state index in [-0.39, 0.29) is 30.1 Å². The summed E-state index contributed by atoms with van der Waals surface area (Å²) in [6.45, 7) is 1.91. The number of halogens is 2. The van der Waals surface area contributed by atoms with Crippen molar-refractivity contribution in [3.8, 4) is 0 Å². The van der Waals surface area contributed by atoms with Gasteiger partial charge in [0.05, 0.1) is 11.8 Å². The minimum absolute atomic E-state index is 0.00117. The molecule has 0 unspecified atom stereocenters. The molecule has 2 atom stereocenters. The molecule has 6 nitrogen and oxygen atoms in total. The number of thioether (sulfide) groups is 1. The van der Waals surface area contributed by atoms with Crippen LogP contribution in [0.25, 0.3) is 0 Å². The molecule has 5 rings (SSSR count). The second kappa shape index (κ2) is 10.2. The molecular weight excluding hydrogens is 499 g/mol. The van der Waals surface area contributed by atoms with Gasteiger partial charge in [-0.1, -0.05) is 65.8 Å². The van der Waals surface area contributed by atoms with Crippen molar-refractivity contribution >= 4 is 51.7 Å².